The molecule has 0 bridgehead atoms. The van der Waals surface area contributed by atoms with E-state index in [4.69, 9.17) is 9.47 Å². The number of anilines is 2. The van der Waals surface area contributed by atoms with E-state index in [1.807, 2.05) is 13.8 Å². The third-order valence-electron chi connectivity index (χ3n) is 4.81. The van der Waals surface area contributed by atoms with Crippen LogP contribution in [0.3, 0.4) is 0 Å². The molecule has 3 aromatic rings. The summed E-state index contributed by atoms with van der Waals surface area (Å²) in [7, 11) is 3.15. The lowest BCUT2D eigenvalue weighted by Gasteiger charge is -2.21. The van der Waals surface area contributed by atoms with E-state index in [0.717, 1.165) is 34.7 Å². The third kappa shape index (κ3) is 3.98. The first kappa shape index (κ1) is 20.9. The van der Waals surface area contributed by atoms with Gasteiger partial charge in [0.2, 0.25) is 0 Å². The first-order valence-corrected chi connectivity index (χ1v) is 10.3. The number of aromatic nitrogens is 2. The van der Waals surface area contributed by atoms with Crippen molar-refractivity contribution in [1.29, 1.82) is 0 Å². The highest BCUT2D eigenvalue weighted by Gasteiger charge is 2.22. The molecule has 0 radical (unpaired) electrons. The van der Waals surface area contributed by atoms with Crippen molar-refractivity contribution >= 4 is 39.0 Å². The number of amides is 1. The number of ether oxygens (including phenoxy) is 2. The number of nitrogens with zero attached hydrogens (tertiary/aromatic N) is 3. The zero-order valence-electron chi connectivity index (χ0n) is 17.6. The van der Waals surface area contributed by atoms with Crippen molar-refractivity contribution in [2.45, 2.75) is 27.7 Å². The van der Waals surface area contributed by atoms with Crippen LogP contribution < -0.4 is 19.7 Å². The van der Waals surface area contributed by atoms with Gasteiger partial charge in [-0.05, 0) is 45.4 Å². The molecule has 29 heavy (non-hydrogen) atoms. The van der Waals surface area contributed by atoms with Gasteiger partial charge in [0.1, 0.15) is 28.0 Å². The van der Waals surface area contributed by atoms with Gasteiger partial charge in [-0.15, -0.1) is 11.3 Å². The summed E-state index contributed by atoms with van der Waals surface area (Å²) in [6, 6.07) is 5.29. The lowest BCUT2D eigenvalue weighted by Crippen LogP contribution is -2.23. The van der Waals surface area contributed by atoms with E-state index in [1.165, 1.54) is 11.3 Å². The van der Waals surface area contributed by atoms with Gasteiger partial charge >= 0.3 is 0 Å². The molecule has 1 N–H and O–H groups in total. The zero-order chi connectivity index (χ0) is 21.1. The maximum absolute atomic E-state index is 13.1. The van der Waals surface area contributed by atoms with Crippen LogP contribution in [-0.4, -0.2) is 43.2 Å². The molecule has 0 unspecified atom stereocenters. The Labute approximate surface area is 174 Å². The van der Waals surface area contributed by atoms with Crippen molar-refractivity contribution in [1.82, 2.24) is 9.97 Å². The number of carbonyl (C=O) groups is 1. The lowest BCUT2D eigenvalue weighted by atomic mass is 10.1. The minimum absolute atomic E-state index is 0.197. The number of rotatable bonds is 7. The maximum atomic E-state index is 13.1. The Morgan fingerprint density at radius 1 is 1.14 bits per heavy atom. The molecule has 2 aromatic heterocycles. The Balaban J connectivity index is 2.03. The summed E-state index contributed by atoms with van der Waals surface area (Å²) < 4.78 is 10.6. The topological polar surface area (TPSA) is 76.6 Å². The first-order chi connectivity index (χ1) is 13.9. The number of nitrogens with one attached hydrogen (secondary N) is 1. The molecule has 1 aromatic carbocycles. The Kier molecular flexibility index (Phi) is 6.22. The summed E-state index contributed by atoms with van der Waals surface area (Å²) >= 11 is 1.38. The average Bonchev–Trinajstić information content (AvgIpc) is 3.05. The second-order valence-electron chi connectivity index (χ2n) is 6.52. The molecule has 0 fully saturated rings. The summed E-state index contributed by atoms with van der Waals surface area (Å²) in [5.74, 6) is 2.58. The first-order valence-electron chi connectivity index (χ1n) is 9.49. The SMILES string of the molecule is CCN(CC)c1nc(C)nc2sc(C(=O)Nc3ccc(OC)cc3OC)c(C)c12. The van der Waals surface area contributed by atoms with E-state index in [-0.39, 0.29) is 5.91 Å². The van der Waals surface area contributed by atoms with Crippen LogP contribution in [0.25, 0.3) is 10.2 Å². The molecule has 0 aliphatic carbocycles. The molecule has 2 heterocycles. The zero-order valence-corrected chi connectivity index (χ0v) is 18.4. The molecule has 0 saturated carbocycles. The third-order valence-corrected chi connectivity index (χ3v) is 5.99. The van der Waals surface area contributed by atoms with Gasteiger partial charge in [0.15, 0.2) is 0 Å². The van der Waals surface area contributed by atoms with E-state index in [9.17, 15) is 4.79 Å². The molecule has 0 aliphatic heterocycles. The summed E-state index contributed by atoms with van der Waals surface area (Å²) in [4.78, 5) is 25.9. The minimum atomic E-state index is -0.197. The van der Waals surface area contributed by atoms with Crippen molar-refractivity contribution in [3.8, 4) is 11.5 Å². The summed E-state index contributed by atoms with van der Waals surface area (Å²) in [5.41, 5.74) is 1.47. The van der Waals surface area contributed by atoms with E-state index in [1.54, 1.807) is 32.4 Å². The Morgan fingerprint density at radius 2 is 1.86 bits per heavy atom. The second-order valence-corrected chi connectivity index (χ2v) is 7.52. The fraction of sp³-hybridized carbons (Fsp3) is 0.381. The summed E-state index contributed by atoms with van der Waals surface area (Å²) in [5, 5.41) is 3.89. The van der Waals surface area contributed by atoms with Crippen LogP contribution in [-0.2, 0) is 0 Å². The standard InChI is InChI=1S/C21H26N4O3S/c1-7-25(8-2)19-17-12(3)18(29-21(17)23-13(4)22-19)20(26)24-15-10-9-14(27-5)11-16(15)28-6/h9-11H,7-8H2,1-6H3,(H,24,26). The molecule has 154 valence electrons. The summed E-state index contributed by atoms with van der Waals surface area (Å²) in [6.45, 7) is 9.69. The average molecular weight is 415 g/mol. The molecule has 7 nitrogen and oxygen atoms in total. The fourth-order valence-corrected chi connectivity index (χ4v) is 4.39. The largest absolute Gasteiger partial charge is 0.497 e. The number of aryl methyl sites for hydroxylation is 2. The van der Waals surface area contributed by atoms with Gasteiger partial charge in [-0.2, -0.15) is 0 Å². The molecule has 0 atom stereocenters. The van der Waals surface area contributed by atoms with Crippen LogP contribution in [0.4, 0.5) is 11.5 Å². The number of fused-ring (bicyclic) bond motifs is 1. The Bertz CT molecular complexity index is 1040. The van der Waals surface area contributed by atoms with Crippen molar-refractivity contribution in [2.75, 3.05) is 37.5 Å². The van der Waals surface area contributed by atoms with Gasteiger partial charge in [0.05, 0.1) is 30.2 Å². The van der Waals surface area contributed by atoms with Crippen molar-refractivity contribution < 1.29 is 14.3 Å². The molecule has 8 heteroatoms. The molecule has 1 amide bonds. The van der Waals surface area contributed by atoms with Crippen LogP contribution in [0.2, 0.25) is 0 Å². The van der Waals surface area contributed by atoms with E-state index < -0.39 is 0 Å². The fourth-order valence-electron chi connectivity index (χ4n) is 3.27. The number of carbonyl (C=O) groups excluding carboxylic acids is 1. The predicted molar refractivity (Wildman–Crippen MR) is 118 cm³/mol. The number of hydrogen-bond donors (Lipinski definition) is 1. The minimum Gasteiger partial charge on any atom is -0.497 e. The van der Waals surface area contributed by atoms with Gasteiger partial charge in [-0.25, -0.2) is 9.97 Å². The highest BCUT2D eigenvalue weighted by molar-refractivity contribution is 7.20. The van der Waals surface area contributed by atoms with Crippen molar-refractivity contribution in [3.05, 3.63) is 34.5 Å². The monoisotopic (exact) mass is 414 g/mol. The van der Waals surface area contributed by atoms with Crippen LogP contribution >= 0.6 is 11.3 Å². The van der Waals surface area contributed by atoms with Gasteiger partial charge in [-0.3, -0.25) is 4.79 Å². The highest BCUT2D eigenvalue weighted by atomic mass is 32.1. The van der Waals surface area contributed by atoms with Crippen molar-refractivity contribution in [3.63, 3.8) is 0 Å². The molecule has 3 rings (SSSR count). The number of benzene rings is 1. The molecule has 0 spiro atoms. The second kappa shape index (κ2) is 8.65. The van der Waals surface area contributed by atoms with E-state index in [2.05, 4.69) is 34.0 Å². The van der Waals surface area contributed by atoms with Crippen LogP contribution in [0.15, 0.2) is 18.2 Å². The van der Waals surface area contributed by atoms with Gasteiger partial charge in [0.25, 0.3) is 5.91 Å². The maximum Gasteiger partial charge on any atom is 0.266 e. The Morgan fingerprint density at radius 3 is 2.48 bits per heavy atom. The van der Waals surface area contributed by atoms with E-state index in [0.29, 0.717) is 27.9 Å². The van der Waals surface area contributed by atoms with Crippen LogP contribution in [0, 0.1) is 13.8 Å². The Hall–Kier alpha value is -2.87. The number of methoxy groups -OCH3 is 2. The summed E-state index contributed by atoms with van der Waals surface area (Å²) in [6.07, 6.45) is 0. The lowest BCUT2D eigenvalue weighted by molar-refractivity contribution is 0.102. The smallest absolute Gasteiger partial charge is 0.266 e. The van der Waals surface area contributed by atoms with Gasteiger partial charge < -0.3 is 19.7 Å². The van der Waals surface area contributed by atoms with E-state index >= 15 is 0 Å². The normalized spacial score (nSPS) is 10.8. The van der Waals surface area contributed by atoms with Crippen molar-refractivity contribution in [2.24, 2.45) is 0 Å². The number of hydrogen-bond acceptors (Lipinski definition) is 7. The van der Waals surface area contributed by atoms with Crippen LogP contribution in [0.1, 0.15) is 34.9 Å². The van der Waals surface area contributed by atoms with Crippen LogP contribution in [0.5, 0.6) is 11.5 Å². The number of thiophene rings is 1. The quantitative estimate of drug-likeness (QED) is 0.617. The molecular weight excluding hydrogens is 388 g/mol. The molecular formula is C21H26N4O3S. The van der Waals surface area contributed by atoms with Gasteiger partial charge in [0, 0.05) is 19.2 Å². The molecule has 0 saturated heterocycles. The van der Waals surface area contributed by atoms with Gasteiger partial charge in [-0.1, -0.05) is 0 Å². The predicted octanol–water partition coefficient (Wildman–Crippen LogP) is 4.42. The highest BCUT2D eigenvalue weighted by Crippen LogP contribution is 2.36. The molecule has 0 aliphatic rings.